The summed E-state index contributed by atoms with van der Waals surface area (Å²) < 4.78 is 0. The van der Waals surface area contributed by atoms with E-state index < -0.39 is 0 Å². The summed E-state index contributed by atoms with van der Waals surface area (Å²) in [4.78, 5) is 0. The molecular formula is C17H29N. The molecule has 5 aliphatic carbocycles. The first kappa shape index (κ1) is 11.8. The smallest absolute Gasteiger partial charge is 0.00130 e. The Morgan fingerprint density at radius 3 is 1.83 bits per heavy atom. The standard InChI is InChI=1S/C17H29N/c1-16(2)9-17(16,10-18-3)15-13-5-11-4-12(7-13)8-14(15)6-11/h11-15,18H,4-10H2,1-3H3. The monoisotopic (exact) mass is 247 g/mol. The van der Waals surface area contributed by atoms with E-state index in [0.29, 0.717) is 10.8 Å². The lowest BCUT2D eigenvalue weighted by atomic mass is 9.48. The minimum Gasteiger partial charge on any atom is -0.319 e. The van der Waals surface area contributed by atoms with Gasteiger partial charge in [-0.2, -0.15) is 0 Å². The lowest BCUT2D eigenvalue weighted by Gasteiger charge is -2.57. The van der Waals surface area contributed by atoms with Crippen molar-refractivity contribution in [2.45, 2.75) is 52.4 Å². The lowest BCUT2D eigenvalue weighted by Crippen LogP contribution is -2.51. The van der Waals surface area contributed by atoms with Crippen LogP contribution in [0, 0.1) is 40.4 Å². The van der Waals surface area contributed by atoms with Gasteiger partial charge in [0.25, 0.3) is 0 Å². The minimum atomic E-state index is 0.607. The maximum absolute atomic E-state index is 3.54. The van der Waals surface area contributed by atoms with Crippen LogP contribution in [0.5, 0.6) is 0 Å². The Bertz CT molecular complexity index is 331. The predicted molar refractivity (Wildman–Crippen MR) is 75.3 cm³/mol. The Kier molecular flexibility index (Phi) is 2.31. The molecule has 0 aromatic heterocycles. The fraction of sp³-hybridized carbons (Fsp3) is 1.00. The molecule has 5 aliphatic rings. The van der Waals surface area contributed by atoms with Crippen molar-refractivity contribution in [2.75, 3.05) is 13.6 Å². The van der Waals surface area contributed by atoms with Gasteiger partial charge in [0.05, 0.1) is 0 Å². The van der Waals surface area contributed by atoms with Gasteiger partial charge in [0, 0.05) is 6.54 Å². The average Bonchev–Trinajstić information content (AvgIpc) is 2.79. The normalized spacial score (nSPS) is 55.8. The molecule has 0 spiro atoms. The maximum Gasteiger partial charge on any atom is 0.00130 e. The first-order valence-electron chi connectivity index (χ1n) is 8.20. The molecule has 1 N–H and O–H groups in total. The number of hydrogen-bond donors (Lipinski definition) is 1. The maximum atomic E-state index is 3.54. The van der Waals surface area contributed by atoms with Gasteiger partial charge < -0.3 is 5.32 Å². The molecule has 5 fully saturated rings. The second-order valence-electron chi connectivity index (χ2n) is 8.70. The molecule has 0 saturated heterocycles. The van der Waals surface area contributed by atoms with Gasteiger partial charge in [-0.05, 0) is 86.0 Å². The van der Waals surface area contributed by atoms with E-state index in [1.165, 1.54) is 13.0 Å². The summed E-state index contributed by atoms with van der Waals surface area (Å²) in [6, 6.07) is 0. The quantitative estimate of drug-likeness (QED) is 0.802. The molecule has 1 unspecified atom stereocenters. The molecule has 102 valence electrons. The molecule has 0 amide bonds. The Morgan fingerprint density at radius 2 is 1.44 bits per heavy atom. The van der Waals surface area contributed by atoms with Gasteiger partial charge in [0.1, 0.15) is 0 Å². The molecule has 0 aromatic carbocycles. The van der Waals surface area contributed by atoms with Gasteiger partial charge >= 0.3 is 0 Å². The Morgan fingerprint density at radius 1 is 0.944 bits per heavy atom. The minimum absolute atomic E-state index is 0.607. The third kappa shape index (κ3) is 1.38. The second-order valence-corrected chi connectivity index (χ2v) is 8.70. The van der Waals surface area contributed by atoms with Crippen LogP contribution in [0.2, 0.25) is 0 Å². The van der Waals surface area contributed by atoms with Crippen LogP contribution >= 0.6 is 0 Å². The van der Waals surface area contributed by atoms with Crippen LogP contribution in [0.4, 0.5) is 0 Å². The van der Waals surface area contributed by atoms with E-state index in [1.54, 1.807) is 32.1 Å². The fourth-order valence-electron chi connectivity index (χ4n) is 6.88. The lowest BCUT2D eigenvalue weighted by molar-refractivity contribution is -0.0760. The Labute approximate surface area is 112 Å². The fourth-order valence-corrected chi connectivity index (χ4v) is 6.88. The van der Waals surface area contributed by atoms with Crippen molar-refractivity contribution >= 4 is 0 Å². The summed E-state index contributed by atoms with van der Waals surface area (Å²) in [6.07, 6.45) is 9.40. The zero-order valence-electron chi connectivity index (χ0n) is 12.3. The van der Waals surface area contributed by atoms with Crippen molar-refractivity contribution in [1.29, 1.82) is 0 Å². The summed E-state index contributed by atoms with van der Waals surface area (Å²) in [7, 11) is 2.16. The Balaban J connectivity index is 1.65. The van der Waals surface area contributed by atoms with Crippen LogP contribution in [0.3, 0.4) is 0 Å². The Hall–Kier alpha value is -0.0400. The molecule has 1 nitrogen and oxygen atoms in total. The molecule has 1 heteroatoms. The topological polar surface area (TPSA) is 12.0 Å². The van der Waals surface area contributed by atoms with Crippen molar-refractivity contribution in [3.8, 4) is 0 Å². The van der Waals surface area contributed by atoms with Crippen molar-refractivity contribution in [3.05, 3.63) is 0 Å². The molecule has 0 radical (unpaired) electrons. The third-order valence-electron chi connectivity index (χ3n) is 7.34. The second kappa shape index (κ2) is 3.53. The van der Waals surface area contributed by atoms with Crippen molar-refractivity contribution in [1.82, 2.24) is 5.32 Å². The van der Waals surface area contributed by atoms with E-state index in [0.717, 1.165) is 29.6 Å². The number of hydrogen-bond acceptors (Lipinski definition) is 1. The number of rotatable bonds is 3. The SMILES string of the molecule is CNCC1(C2C3CC4CC(C3)CC2C4)CC1(C)C. The molecule has 5 saturated carbocycles. The molecule has 0 heterocycles. The molecule has 18 heavy (non-hydrogen) atoms. The van der Waals surface area contributed by atoms with E-state index in [9.17, 15) is 0 Å². The van der Waals surface area contributed by atoms with Gasteiger partial charge in [-0.1, -0.05) is 13.8 Å². The third-order valence-corrected chi connectivity index (χ3v) is 7.34. The van der Waals surface area contributed by atoms with Gasteiger partial charge in [0.2, 0.25) is 0 Å². The van der Waals surface area contributed by atoms with Crippen molar-refractivity contribution < 1.29 is 0 Å². The average molecular weight is 247 g/mol. The summed E-state index contributed by atoms with van der Waals surface area (Å²) in [5, 5.41) is 3.54. The van der Waals surface area contributed by atoms with Gasteiger partial charge in [-0.15, -0.1) is 0 Å². The first-order chi connectivity index (χ1) is 8.56. The molecule has 4 bridgehead atoms. The molecule has 0 aliphatic heterocycles. The van der Waals surface area contributed by atoms with Crippen LogP contribution in [0.1, 0.15) is 52.4 Å². The van der Waals surface area contributed by atoms with Gasteiger partial charge in [0.15, 0.2) is 0 Å². The highest BCUT2D eigenvalue weighted by molar-refractivity contribution is 5.18. The van der Waals surface area contributed by atoms with E-state index in [1.807, 2.05) is 0 Å². The largest absolute Gasteiger partial charge is 0.319 e. The molecule has 5 rings (SSSR count). The van der Waals surface area contributed by atoms with E-state index >= 15 is 0 Å². The van der Waals surface area contributed by atoms with E-state index in [4.69, 9.17) is 0 Å². The zero-order valence-corrected chi connectivity index (χ0v) is 12.3. The first-order valence-corrected chi connectivity index (χ1v) is 8.20. The van der Waals surface area contributed by atoms with Crippen molar-refractivity contribution in [2.24, 2.45) is 40.4 Å². The predicted octanol–water partition coefficient (Wildman–Crippen LogP) is 3.69. The summed E-state index contributed by atoms with van der Waals surface area (Å²) >= 11 is 0. The van der Waals surface area contributed by atoms with Crippen molar-refractivity contribution in [3.63, 3.8) is 0 Å². The van der Waals surface area contributed by atoms with Crippen LogP contribution in [0.15, 0.2) is 0 Å². The van der Waals surface area contributed by atoms with Crippen LogP contribution in [-0.2, 0) is 0 Å². The highest BCUT2D eigenvalue weighted by atomic mass is 14.9. The van der Waals surface area contributed by atoms with E-state index in [2.05, 4.69) is 26.2 Å². The molecular weight excluding hydrogens is 218 g/mol. The highest BCUT2D eigenvalue weighted by Gasteiger charge is 2.68. The van der Waals surface area contributed by atoms with E-state index in [-0.39, 0.29) is 0 Å². The summed E-state index contributed by atoms with van der Waals surface area (Å²) in [5.74, 6) is 5.50. The zero-order chi connectivity index (χ0) is 12.5. The van der Waals surface area contributed by atoms with Crippen LogP contribution in [0.25, 0.3) is 0 Å². The molecule has 1 atom stereocenters. The van der Waals surface area contributed by atoms with Crippen LogP contribution in [-0.4, -0.2) is 13.6 Å². The summed E-state index contributed by atoms with van der Waals surface area (Å²) in [5.41, 5.74) is 1.26. The molecule has 0 aromatic rings. The van der Waals surface area contributed by atoms with Crippen LogP contribution < -0.4 is 5.32 Å². The summed E-state index contributed by atoms with van der Waals surface area (Å²) in [6.45, 7) is 6.32. The van der Waals surface area contributed by atoms with Gasteiger partial charge in [-0.25, -0.2) is 0 Å². The highest BCUT2D eigenvalue weighted by Crippen LogP contribution is 2.74. The van der Waals surface area contributed by atoms with Gasteiger partial charge in [-0.3, -0.25) is 0 Å². The number of nitrogens with one attached hydrogen (secondary N) is 1.